The fourth-order valence-electron chi connectivity index (χ4n) is 5.35. The van der Waals surface area contributed by atoms with Crippen molar-refractivity contribution in [3.05, 3.63) is 57.4 Å². The normalized spacial score (nSPS) is 22.6. The highest BCUT2D eigenvalue weighted by molar-refractivity contribution is 5.46. The second-order valence-corrected chi connectivity index (χ2v) is 9.44. The topological polar surface area (TPSA) is 41.4 Å². The van der Waals surface area contributed by atoms with Crippen molar-refractivity contribution in [3.8, 4) is 0 Å². The highest BCUT2D eigenvalue weighted by atomic mass is 19.3. The fraction of sp³-hybridized carbons (Fsp3) is 0.583. The number of piperidine rings is 2. The molecule has 0 spiro atoms. The van der Waals surface area contributed by atoms with Crippen LogP contribution < -0.4 is 10.6 Å². The van der Waals surface area contributed by atoms with E-state index in [2.05, 4.69) is 9.88 Å². The van der Waals surface area contributed by atoms with E-state index in [-0.39, 0.29) is 31.0 Å². The largest absolute Gasteiger partial charge is 0.353 e. The first kappa shape index (κ1) is 21.5. The maximum atomic E-state index is 14.7. The molecule has 2 aromatic rings. The number of halogens is 3. The van der Waals surface area contributed by atoms with Crippen LogP contribution in [-0.2, 0) is 25.9 Å². The molecule has 0 aliphatic carbocycles. The van der Waals surface area contributed by atoms with Crippen molar-refractivity contribution in [2.75, 3.05) is 24.5 Å². The number of benzene rings is 1. The van der Waals surface area contributed by atoms with Crippen molar-refractivity contribution in [3.63, 3.8) is 0 Å². The van der Waals surface area contributed by atoms with Gasteiger partial charge in [-0.25, -0.2) is 18.0 Å². The molecule has 3 aliphatic heterocycles. The van der Waals surface area contributed by atoms with Crippen LogP contribution in [0.4, 0.5) is 19.0 Å². The Morgan fingerprint density at radius 2 is 1.97 bits per heavy atom. The maximum absolute atomic E-state index is 14.7. The summed E-state index contributed by atoms with van der Waals surface area (Å²) in [5.74, 6) is -2.09. The highest BCUT2D eigenvalue weighted by Gasteiger charge is 2.35. The van der Waals surface area contributed by atoms with Gasteiger partial charge in [0.05, 0.1) is 12.2 Å². The van der Waals surface area contributed by atoms with Gasteiger partial charge in [0, 0.05) is 43.7 Å². The summed E-state index contributed by atoms with van der Waals surface area (Å²) in [7, 11) is 0. The summed E-state index contributed by atoms with van der Waals surface area (Å²) in [5, 5.41) is 0. The number of rotatable bonds is 5. The Labute approximate surface area is 185 Å². The van der Waals surface area contributed by atoms with Crippen molar-refractivity contribution in [2.45, 2.75) is 70.0 Å². The number of hydrogen-bond acceptors (Lipinski definition) is 4. The van der Waals surface area contributed by atoms with Crippen LogP contribution >= 0.6 is 0 Å². The van der Waals surface area contributed by atoms with Crippen LogP contribution in [0.1, 0.15) is 48.9 Å². The smallest absolute Gasteiger partial charge is 0.349 e. The first-order valence-corrected chi connectivity index (χ1v) is 11.6. The van der Waals surface area contributed by atoms with E-state index < -0.39 is 5.92 Å². The van der Waals surface area contributed by atoms with Crippen LogP contribution in [0.25, 0.3) is 0 Å². The van der Waals surface area contributed by atoms with E-state index in [9.17, 15) is 18.0 Å². The number of alkyl halides is 2. The number of nitrogens with zero attached hydrogens (tertiary/aromatic N) is 4. The lowest BCUT2D eigenvalue weighted by Gasteiger charge is -2.32. The molecule has 4 heterocycles. The molecular weight excluding hydrogens is 417 g/mol. The Kier molecular flexibility index (Phi) is 5.73. The third-order valence-electron chi connectivity index (χ3n) is 7.01. The minimum absolute atomic E-state index is 0.0936. The van der Waals surface area contributed by atoms with Gasteiger partial charge in [-0.15, -0.1) is 0 Å². The summed E-state index contributed by atoms with van der Waals surface area (Å²) < 4.78 is 43.7. The van der Waals surface area contributed by atoms with Gasteiger partial charge in [0.2, 0.25) is 0 Å². The summed E-state index contributed by atoms with van der Waals surface area (Å²) >= 11 is 0. The monoisotopic (exact) mass is 446 g/mol. The molecule has 5 rings (SSSR count). The maximum Gasteiger partial charge on any atom is 0.349 e. The molecule has 8 heteroatoms. The summed E-state index contributed by atoms with van der Waals surface area (Å²) in [6, 6.07) is 7.43. The average Bonchev–Trinajstić information content (AvgIpc) is 3.13. The molecule has 2 saturated heterocycles. The average molecular weight is 447 g/mol. The molecule has 0 N–H and O–H groups in total. The number of aryl methyl sites for hydroxylation is 2. The molecule has 1 atom stereocenters. The standard InChI is InChI=1S/C24H29F3N4O/c25-21-12-17(5-7-18(21)14-29-10-3-9-24(26,27)16-29)6-8-19-13-22-30-11-2-1-4-20(30)15-31(22)23(32)28-19/h5,7,12-13,20H,1-4,6,8-11,14-16H2/t20-/m0/s1. The first-order valence-electron chi connectivity index (χ1n) is 11.6. The minimum Gasteiger partial charge on any atom is -0.353 e. The molecule has 0 saturated carbocycles. The van der Waals surface area contributed by atoms with Crippen molar-refractivity contribution in [1.29, 1.82) is 0 Å². The van der Waals surface area contributed by atoms with Gasteiger partial charge in [0.1, 0.15) is 11.6 Å². The van der Waals surface area contributed by atoms with Gasteiger partial charge in [-0.05, 0) is 56.7 Å². The van der Waals surface area contributed by atoms with Crippen LogP contribution in [0.15, 0.2) is 29.1 Å². The zero-order valence-electron chi connectivity index (χ0n) is 18.2. The number of aromatic nitrogens is 2. The third-order valence-corrected chi connectivity index (χ3v) is 7.01. The quantitative estimate of drug-likeness (QED) is 0.701. The van der Waals surface area contributed by atoms with Crippen LogP contribution in [0.2, 0.25) is 0 Å². The fourth-order valence-corrected chi connectivity index (χ4v) is 5.35. The summed E-state index contributed by atoms with van der Waals surface area (Å²) in [6.45, 7) is 2.14. The van der Waals surface area contributed by atoms with Crippen LogP contribution in [0, 0.1) is 5.82 Å². The van der Waals surface area contributed by atoms with Crippen LogP contribution in [-0.4, -0.2) is 46.0 Å². The number of fused-ring (bicyclic) bond motifs is 3. The molecule has 2 fully saturated rings. The van der Waals surface area contributed by atoms with Crippen molar-refractivity contribution < 1.29 is 13.2 Å². The zero-order valence-corrected chi connectivity index (χ0v) is 18.2. The second kappa shape index (κ2) is 8.54. The van der Waals surface area contributed by atoms with Crippen molar-refractivity contribution in [1.82, 2.24) is 14.5 Å². The second-order valence-electron chi connectivity index (χ2n) is 9.44. The molecule has 1 aromatic carbocycles. The molecule has 32 heavy (non-hydrogen) atoms. The molecular formula is C24H29F3N4O. The molecule has 0 unspecified atom stereocenters. The van der Waals surface area contributed by atoms with E-state index in [0.29, 0.717) is 37.4 Å². The van der Waals surface area contributed by atoms with Crippen molar-refractivity contribution >= 4 is 5.82 Å². The van der Waals surface area contributed by atoms with E-state index in [4.69, 9.17) is 0 Å². The molecule has 0 radical (unpaired) electrons. The molecule has 0 amide bonds. The Hall–Kier alpha value is -2.35. The Balaban J connectivity index is 1.24. The van der Waals surface area contributed by atoms with Gasteiger partial charge < -0.3 is 4.90 Å². The molecule has 172 valence electrons. The Morgan fingerprint density at radius 3 is 2.78 bits per heavy atom. The number of hydrogen-bond donors (Lipinski definition) is 0. The zero-order chi connectivity index (χ0) is 22.3. The van der Waals surface area contributed by atoms with Crippen LogP contribution in [0.5, 0.6) is 0 Å². The first-order chi connectivity index (χ1) is 15.4. The van der Waals surface area contributed by atoms with E-state index in [0.717, 1.165) is 43.0 Å². The Bertz CT molecular complexity index is 1050. The van der Waals surface area contributed by atoms with E-state index in [1.54, 1.807) is 15.5 Å². The van der Waals surface area contributed by atoms with E-state index in [1.165, 1.54) is 12.5 Å². The minimum atomic E-state index is -2.69. The third kappa shape index (κ3) is 4.42. The van der Waals surface area contributed by atoms with E-state index in [1.807, 2.05) is 12.1 Å². The lowest BCUT2D eigenvalue weighted by atomic mass is 10.0. The molecule has 1 aromatic heterocycles. The summed E-state index contributed by atoms with van der Waals surface area (Å²) in [6.07, 6.45) is 4.91. The Morgan fingerprint density at radius 1 is 1.09 bits per heavy atom. The van der Waals surface area contributed by atoms with E-state index >= 15 is 0 Å². The van der Waals surface area contributed by atoms with Crippen LogP contribution in [0.3, 0.4) is 0 Å². The predicted molar refractivity (Wildman–Crippen MR) is 117 cm³/mol. The highest BCUT2D eigenvalue weighted by Crippen LogP contribution is 2.31. The molecule has 0 bridgehead atoms. The molecule has 5 nitrogen and oxygen atoms in total. The lowest BCUT2D eigenvalue weighted by Crippen LogP contribution is -2.42. The van der Waals surface area contributed by atoms with Gasteiger partial charge in [0.15, 0.2) is 0 Å². The number of likely N-dealkylation sites (tertiary alicyclic amines) is 1. The summed E-state index contributed by atoms with van der Waals surface area (Å²) in [4.78, 5) is 20.7. The summed E-state index contributed by atoms with van der Waals surface area (Å²) in [5.41, 5.74) is 1.78. The van der Waals surface area contributed by atoms with Gasteiger partial charge in [-0.2, -0.15) is 4.98 Å². The number of anilines is 1. The predicted octanol–water partition coefficient (Wildman–Crippen LogP) is 3.77. The lowest BCUT2D eigenvalue weighted by molar-refractivity contribution is -0.0663. The molecule has 3 aliphatic rings. The van der Waals surface area contributed by atoms with Gasteiger partial charge in [-0.1, -0.05) is 12.1 Å². The van der Waals surface area contributed by atoms with Gasteiger partial charge in [0.25, 0.3) is 5.92 Å². The van der Waals surface area contributed by atoms with Gasteiger partial charge >= 0.3 is 5.69 Å². The van der Waals surface area contributed by atoms with Crippen molar-refractivity contribution in [2.24, 2.45) is 0 Å². The SMILES string of the molecule is O=c1nc(CCc2ccc(CN3CCCC(F)(F)C3)c(F)c2)cc2n1C[C@@H]1CCCCN21. The van der Waals surface area contributed by atoms with Gasteiger partial charge in [-0.3, -0.25) is 9.47 Å².